The normalized spacial score (nSPS) is 28.5. The van der Waals surface area contributed by atoms with Gasteiger partial charge in [0.05, 0.1) is 8.65 Å². The van der Waals surface area contributed by atoms with Gasteiger partial charge in [0.2, 0.25) is 5.91 Å². The molecule has 0 aromatic carbocycles. The molecule has 2 rings (SSSR count). The van der Waals surface area contributed by atoms with Crippen LogP contribution in [0.3, 0.4) is 0 Å². The van der Waals surface area contributed by atoms with Crippen LogP contribution >= 0.6 is 31.9 Å². The fourth-order valence-corrected chi connectivity index (χ4v) is 2.58. The average molecular weight is 325 g/mol. The smallest absolute Gasteiger partial charge is 0.269 e. The van der Waals surface area contributed by atoms with Crippen molar-refractivity contribution < 1.29 is 4.79 Å². The maximum atomic E-state index is 11.7. The highest BCUT2D eigenvalue weighted by atomic mass is 79.9. The van der Waals surface area contributed by atoms with Crippen LogP contribution in [0, 0.1) is 5.41 Å². The zero-order valence-electron chi connectivity index (χ0n) is 7.21. The number of rotatable bonds is 2. The molecule has 0 saturated heterocycles. The lowest BCUT2D eigenvalue weighted by molar-refractivity contribution is -0.120. The predicted molar refractivity (Wildman–Crippen MR) is 56.1 cm³/mol. The predicted octanol–water partition coefficient (Wildman–Crippen LogP) is 1.03. The van der Waals surface area contributed by atoms with Gasteiger partial charge >= 0.3 is 0 Å². The molecule has 0 spiro atoms. The van der Waals surface area contributed by atoms with Crippen LogP contribution in [0.1, 0.15) is 13.3 Å². The summed E-state index contributed by atoms with van der Waals surface area (Å²) in [4.78, 5) is 11.7. The third-order valence-electron chi connectivity index (χ3n) is 2.33. The first-order valence-electron chi connectivity index (χ1n) is 3.88. The van der Waals surface area contributed by atoms with E-state index in [0.717, 1.165) is 6.42 Å². The second-order valence-electron chi connectivity index (χ2n) is 3.40. The van der Waals surface area contributed by atoms with Gasteiger partial charge in [-0.2, -0.15) is 5.21 Å². The molecule has 1 aliphatic carbocycles. The summed E-state index contributed by atoms with van der Waals surface area (Å²) in [5, 5.41) is 15.4. The van der Waals surface area contributed by atoms with Gasteiger partial charge in [0, 0.05) is 0 Å². The lowest BCUT2D eigenvalue weighted by atomic mass is 10.1. The van der Waals surface area contributed by atoms with Gasteiger partial charge < -0.3 is 0 Å². The molecule has 76 valence electrons. The van der Waals surface area contributed by atoms with Gasteiger partial charge in [0.25, 0.3) is 5.95 Å². The molecule has 1 heterocycles. The maximum absolute atomic E-state index is 11.7. The summed E-state index contributed by atoms with van der Waals surface area (Å²) in [6.45, 7) is 1.85. The molecule has 0 unspecified atom stereocenters. The monoisotopic (exact) mass is 323 g/mol. The third kappa shape index (κ3) is 1.46. The zero-order chi connectivity index (χ0) is 10.4. The third-order valence-corrected chi connectivity index (χ3v) is 4.64. The number of hydrogen-bond acceptors (Lipinski definition) is 4. The Kier molecular flexibility index (Phi) is 2.15. The molecule has 0 bridgehead atoms. The molecule has 1 atom stereocenters. The molecule has 1 fully saturated rings. The molecule has 1 aromatic rings. The van der Waals surface area contributed by atoms with Gasteiger partial charge in [-0.05, 0) is 18.6 Å². The Morgan fingerprint density at radius 3 is 2.71 bits per heavy atom. The second kappa shape index (κ2) is 2.99. The van der Waals surface area contributed by atoms with Crippen molar-refractivity contribution in [1.29, 1.82) is 0 Å². The van der Waals surface area contributed by atoms with E-state index in [4.69, 9.17) is 0 Å². The first kappa shape index (κ1) is 10.0. The highest BCUT2D eigenvalue weighted by molar-refractivity contribution is 9.25. The molecule has 1 saturated carbocycles. The molecule has 1 aromatic heterocycles. The topological polar surface area (TPSA) is 83.6 Å². The van der Waals surface area contributed by atoms with Crippen LogP contribution in [0.4, 0.5) is 5.95 Å². The van der Waals surface area contributed by atoms with Crippen molar-refractivity contribution >= 4 is 43.7 Å². The molecule has 6 nitrogen and oxygen atoms in total. The second-order valence-corrected chi connectivity index (χ2v) is 7.17. The minimum atomic E-state index is -0.465. The summed E-state index contributed by atoms with van der Waals surface area (Å²) in [6, 6.07) is 0. The molecule has 14 heavy (non-hydrogen) atoms. The summed E-state index contributed by atoms with van der Waals surface area (Å²) < 4.78 is -0.305. The number of tetrazole rings is 1. The number of nitrogens with zero attached hydrogens (tertiary/aromatic N) is 3. The SMILES string of the molecule is C[C@@]1(C(=O)Nc2nn[nH]n2)CC1(Br)Br. The summed E-state index contributed by atoms with van der Waals surface area (Å²) in [5.74, 6) is 0.0616. The quantitative estimate of drug-likeness (QED) is 0.796. The molecule has 0 aliphatic heterocycles. The number of nitrogens with one attached hydrogen (secondary N) is 2. The number of halogens is 2. The van der Waals surface area contributed by atoms with E-state index in [1.807, 2.05) is 6.92 Å². The molecule has 2 N–H and O–H groups in total. The first-order valence-corrected chi connectivity index (χ1v) is 5.47. The lowest BCUT2D eigenvalue weighted by Crippen LogP contribution is -2.26. The number of amides is 1. The number of anilines is 1. The van der Waals surface area contributed by atoms with Gasteiger partial charge in [-0.3, -0.25) is 10.1 Å². The van der Waals surface area contributed by atoms with Crippen molar-refractivity contribution in [3.8, 4) is 0 Å². The molecule has 0 radical (unpaired) electrons. The van der Waals surface area contributed by atoms with Crippen LogP contribution < -0.4 is 5.32 Å². The fraction of sp³-hybridized carbons (Fsp3) is 0.667. The Bertz CT molecular complexity index is 364. The van der Waals surface area contributed by atoms with Gasteiger partial charge in [-0.1, -0.05) is 37.0 Å². The number of carbonyl (C=O) groups excluding carboxylic acids is 1. The summed E-state index contributed by atoms with van der Waals surface area (Å²) in [7, 11) is 0. The van der Waals surface area contributed by atoms with E-state index in [-0.39, 0.29) is 15.1 Å². The molecular weight excluding hydrogens is 318 g/mol. The first-order chi connectivity index (χ1) is 6.46. The van der Waals surface area contributed by atoms with Gasteiger partial charge in [0.1, 0.15) is 0 Å². The van der Waals surface area contributed by atoms with Crippen LogP contribution in [0.25, 0.3) is 0 Å². The van der Waals surface area contributed by atoms with E-state index >= 15 is 0 Å². The molecule has 1 amide bonds. The van der Waals surface area contributed by atoms with Gasteiger partial charge in [-0.25, -0.2) is 0 Å². The Labute approximate surface area is 96.5 Å². The van der Waals surface area contributed by atoms with E-state index in [2.05, 4.69) is 57.8 Å². The fourth-order valence-electron chi connectivity index (χ4n) is 1.10. The van der Waals surface area contributed by atoms with Crippen molar-refractivity contribution in [3.63, 3.8) is 0 Å². The number of H-pyrrole nitrogens is 1. The van der Waals surface area contributed by atoms with E-state index < -0.39 is 5.41 Å². The molecular formula is C6H7Br2N5O. The van der Waals surface area contributed by atoms with Crippen LogP contribution in [0.2, 0.25) is 0 Å². The Morgan fingerprint density at radius 2 is 2.29 bits per heavy atom. The Balaban J connectivity index is 2.05. The molecule has 1 aliphatic rings. The van der Waals surface area contributed by atoms with Crippen molar-refractivity contribution in [3.05, 3.63) is 0 Å². The Morgan fingerprint density at radius 1 is 1.64 bits per heavy atom. The van der Waals surface area contributed by atoms with E-state index in [9.17, 15) is 4.79 Å². The van der Waals surface area contributed by atoms with E-state index in [1.54, 1.807) is 0 Å². The van der Waals surface area contributed by atoms with Crippen molar-refractivity contribution in [2.75, 3.05) is 5.32 Å². The standard InChI is InChI=1S/C6H7Br2N5O/c1-5(2-6(5,7)8)3(14)9-4-10-12-13-11-4/h2H2,1H3,(H2,9,10,11,12,13,14)/t5-/m0/s1. The highest BCUT2D eigenvalue weighted by Crippen LogP contribution is 2.66. The van der Waals surface area contributed by atoms with Crippen LogP contribution in [0.15, 0.2) is 0 Å². The summed E-state index contributed by atoms with van der Waals surface area (Å²) in [5.41, 5.74) is -0.465. The molecule has 8 heteroatoms. The minimum absolute atomic E-state index is 0.132. The largest absolute Gasteiger partial charge is 0.291 e. The van der Waals surface area contributed by atoms with E-state index in [0.29, 0.717) is 0 Å². The van der Waals surface area contributed by atoms with Crippen molar-refractivity contribution in [2.24, 2.45) is 5.41 Å². The average Bonchev–Trinajstić information content (AvgIpc) is 2.54. The number of hydrogen-bond donors (Lipinski definition) is 2. The summed E-state index contributed by atoms with van der Waals surface area (Å²) >= 11 is 6.81. The maximum Gasteiger partial charge on any atom is 0.269 e. The summed E-state index contributed by atoms with van der Waals surface area (Å²) in [6.07, 6.45) is 0.726. The number of alkyl halides is 2. The van der Waals surface area contributed by atoms with Gasteiger partial charge in [-0.15, -0.1) is 5.10 Å². The van der Waals surface area contributed by atoms with Crippen LogP contribution in [-0.4, -0.2) is 29.8 Å². The van der Waals surface area contributed by atoms with Gasteiger partial charge in [0.15, 0.2) is 0 Å². The lowest BCUT2D eigenvalue weighted by Gasteiger charge is -2.09. The van der Waals surface area contributed by atoms with Crippen LogP contribution in [-0.2, 0) is 4.79 Å². The minimum Gasteiger partial charge on any atom is -0.291 e. The number of aromatic nitrogens is 4. The zero-order valence-corrected chi connectivity index (χ0v) is 10.4. The number of carbonyl (C=O) groups is 1. The number of aromatic amines is 1. The van der Waals surface area contributed by atoms with E-state index in [1.165, 1.54) is 0 Å². The van der Waals surface area contributed by atoms with Crippen molar-refractivity contribution in [2.45, 2.75) is 16.6 Å². The Hall–Kier alpha value is -0.500. The van der Waals surface area contributed by atoms with Crippen LogP contribution in [0.5, 0.6) is 0 Å². The van der Waals surface area contributed by atoms with Crippen molar-refractivity contribution in [1.82, 2.24) is 20.6 Å². The highest BCUT2D eigenvalue weighted by Gasteiger charge is 2.66.